The highest BCUT2D eigenvalue weighted by atomic mass is 16.5. The Hall–Kier alpha value is -2.43. The number of nitrogen functional groups attached to an aromatic ring is 1. The van der Waals surface area contributed by atoms with Gasteiger partial charge in [0.2, 0.25) is 5.82 Å². The van der Waals surface area contributed by atoms with Crippen molar-refractivity contribution >= 4 is 11.8 Å². The van der Waals surface area contributed by atoms with Gasteiger partial charge in [0.25, 0.3) is 0 Å². The van der Waals surface area contributed by atoms with Crippen LogP contribution in [0.4, 0.5) is 5.82 Å². The summed E-state index contributed by atoms with van der Waals surface area (Å²) < 4.78 is 5.04. The van der Waals surface area contributed by atoms with E-state index >= 15 is 0 Å². The fourth-order valence-corrected chi connectivity index (χ4v) is 1.11. The number of anilines is 1. The normalized spacial score (nSPS) is 9.75. The lowest BCUT2D eigenvalue weighted by molar-refractivity contribution is 0.0722. The Morgan fingerprint density at radius 3 is 2.62 bits per heavy atom. The minimum absolute atomic E-state index is 0.0520. The molecule has 80 valence electrons. The number of carbonyl (C=O) groups is 1. The predicted octanol–water partition coefficient (Wildman–Crippen LogP) is 1.28. The molecule has 0 atom stereocenters. The van der Waals surface area contributed by atoms with Gasteiger partial charge in [0, 0.05) is 6.20 Å². The number of aromatic nitrogens is 2. The van der Waals surface area contributed by atoms with Gasteiger partial charge in [0.05, 0.1) is 0 Å². The molecular formula is C11H9N3O2. The van der Waals surface area contributed by atoms with Crippen LogP contribution in [0.5, 0.6) is 5.75 Å². The summed E-state index contributed by atoms with van der Waals surface area (Å²) in [5, 5.41) is 0. The first-order chi connectivity index (χ1) is 7.75. The van der Waals surface area contributed by atoms with Gasteiger partial charge in [0.15, 0.2) is 0 Å². The van der Waals surface area contributed by atoms with Gasteiger partial charge in [-0.2, -0.15) is 0 Å². The fraction of sp³-hybridized carbons (Fsp3) is 0. The Morgan fingerprint density at radius 1 is 1.19 bits per heavy atom. The second kappa shape index (κ2) is 4.39. The summed E-state index contributed by atoms with van der Waals surface area (Å²) in [5.74, 6) is -0.00381. The van der Waals surface area contributed by atoms with Crippen molar-refractivity contribution in [2.24, 2.45) is 0 Å². The van der Waals surface area contributed by atoms with Crippen LogP contribution in [0.2, 0.25) is 0 Å². The molecule has 0 spiro atoms. The van der Waals surface area contributed by atoms with E-state index in [2.05, 4.69) is 9.97 Å². The van der Waals surface area contributed by atoms with Crippen LogP contribution in [-0.4, -0.2) is 15.9 Å². The second-order valence-electron chi connectivity index (χ2n) is 3.01. The Labute approximate surface area is 91.9 Å². The number of benzene rings is 1. The molecule has 2 rings (SSSR count). The molecule has 0 aliphatic rings. The summed E-state index contributed by atoms with van der Waals surface area (Å²) >= 11 is 0. The first-order valence-electron chi connectivity index (χ1n) is 4.61. The van der Waals surface area contributed by atoms with E-state index in [9.17, 15) is 4.79 Å². The summed E-state index contributed by atoms with van der Waals surface area (Å²) in [6, 6.07) is 10.2. The van der Waals surface area contributed by atoms with E-state index in [0.717, 1.165) is 0 Å². The molecule has 5 heteroatoms. The van der Waals surface area contributed by atoms with Gasteiger partial charge in [-0.05, 0) is 18.2 Å². The van der Waals surface area contributed by atoms with E-state index < -0.39 is 5.97 Å². The number of esters is 1. The molecule has 5 nitrogen and oxygen atoms in total. The zero-order valence-corrected chi connectivity index (χ0v) is 8.33. The van der Waals surface area contributed by atoms with E-state index in [-0.39, 0.29) is 11.6 Å². The lowest BCUT2D eigenvalue weighted by atomic mass is 10.3. The molecule has 0 fully saturated rings. The van der Waals surface area contributed by atoms with Gasteiger partial charge >= 0.3 is 5.97 Å². The average molecular weight is 215 g/mol. The van der Waals surface area contributed by atoms with Gasteiger partial charge in [-0.25, -0.2) is 14.8 Å². The highest BCUT2D eigenvalue weighted by Gasteiger charge is 2.11. The number of ether oxygens (including phenoxy) is 1. The lowest BCUT2D eigenvalue weighted by Gasteiger charge is -2.02. The maximum absolute atomic E-state index is 11.6. The molecule has 1 aromatic heterocycles. The van der Waals surface area contributed by atoms with Crippen LogP contribution in [0.25, 0.3) is 0 Å². The molecule has 2 N–H and O–H groups in total. The first kappa shape index (κ1) is 10.1. The maximum Gasteiger partial charge on any atom is 0.381 e. The molecule has 0 saturated carbocycles. The monoisotopic (exact) mass is 215 g/mol. The third-order valence-electron chi connectivity index (χ3n) is 1.81. The van der Waals surface area contributed by atoms with E-state index in [1.807, 2.05) is 6.07 Å². The quantitative estimate of drug-likeness (QED) is 0.603. The third kappa shape index (κ3) is 2.33. The summed E-state index contributed by atoms with van der Waals surface area (Å²) in [4.78, 5) is 19.1. The maximum atomic E-state index is 11.6. The van der Waals surface area contributed by atoms with Crippen LogP contribution in [0.3, 0.4) is 0 Å². The predicted molar refractivity (Wildman–Crippen MR) is 57.8 cm³/mol. The number of para-hydroxylation sites is 1. The van der Waals surface area contributed by atoms with E-state index in [1.54, 1.807) is 24.3 Å². The van der Waals surface area contributed by atoms with Crippen LogP contribution < -0.4 is 10.5 Å². The van der Waals surface area contributed by atoms with Crippen molar-refractivity contribution in [3.8, 4) is 5.75 Å². The van der Waals surface area contributed by atoms with Gasteiger partial charge in [-0.15, -0.1) is 0 Å². The topological polar surface area (TPSA) is 78.1 Å². The Balaban J connectivity index is 2.15. The van der Waals surface area contributed by atoms with Crippen LogP contribution in [0, 0.1) is 0 Å². The lowest BCUT2D eigenvalue weighted by Crippen LogP contribution is -2.13. The summed E-state index contributed by atoms with van der Waals surface area (Å²) in [5.41, 5.74) is 5.43. The minimum Gasteiger partial charge on any atom is -0.421 e. The zero-order chi connectivity index (χ0) is 11.4. The minimum atomic E-state index is -0.626. The summed E-state index contributed by atoms with van der Waals surface area (Å²) in [6.45, 7) is 0. The van der Waals surface area contributed by atoms with E-state index in [0.29, 0.717) is 5.75 Å². The Bertz CT molecular complexity index is 500. The molecule has 0 amide bonds. The molecule has 0 saturated heterocycles. The van der Waals surface area contributed by atoms with E-state index in [4.69, 9.17) is 10.5 Å². The van der Waals surface area contributed by atoms with Crippen LogP contribution in [0.1, 0.15) is 10.6 Å². The first-order valence-corrected chi connectivity index (χ1v) is 4.61. The molecular weight excluding hydrogens is 206 g/mol. The largest absolute Gasteiger partial charge is 0.421 e. The van der Waals surface area contributed by atoms with Crippen molar-refractivity contribution in [3.63, 3.8) is 0 Å². The number of hydrogen-bond donors (Lipinski definition) is 1. The van der Waals surface area contributed by atoms with Crippen molar-refractivity contribution < 1.29 is 9.53 Å². The zero-order valence-electron chi connectivity index (χ0n) is 8.33. The molecule has 0 bridgehead atoms. The second-order valence-corrected chi connectivity index (χ2v) is 3.01. The SMILES string of the molecule is Nc1ccnc(C(=O)Oc2ccccc2)n1. The van der Waals surface area contributed by atoms with Gasteiger partial charge in [-0.3, -0.25) is 0 Å². The van der Waals surface area contributed by atoms with Gasteiger partial charge < -0.3 is 10.5 Å². The molecule has 0 radical (unpaired) electrons. The van der Waals surface area contributed by atoms with Crippen LogP contribution in [-0.2, 0) is 0 Å². The number of nitrogens with zero attached hydrogens (tertiary/aromatic N) is 2. The standard InChI is InChI=1S/C11H9N3O2/c12-9-6-7-13-10(14-9)11(15)16-8-4-2-1-3-5-8/h1-7H,(H2,12,13,14). The van der Waals surface area contributed by atoms with Gasteiger partial charge in [0.1, 0.15) is 11.6 Å². The molecule has 1 aromatic carbocycles. The molecule has 2 aromatic rings. The molecule has 0 aliphatic carbocycles. The number of rotatable bonds is 2. The number of hydrogen-bond acceptors (Lipinski definition) is 5. The van der Waals surface area contributed by atoms with Crippen molar-refractivity contribution in [2.75, 3.05) is 5.73 Å². The smallest absolute Gasteiger partial charge is 0.381 e. The third-order valence-corrected chi connectivity index (χ3v) is 1.81. The van der Waals surface area contributed by atoms with Crippen molar-refractivity contribution in [1.29, 1.82) is 0 Å². The van der Waals surface area contributed by atoms with Crippen molar-refractivity contribution in [2.45, 2.75) is 0 Å². The highest BCUT2D eigenvalue weighted by Crippen LogP contribution is 2.10. The van der Waals surface area contributed by atoms with Crippen LogP contribution >= 0.6 is 0 Å². The molecule has 0 unspecified atom stereocenters. The Kier molecular flexibility index (Phi) is 2.77. The van der Waals surface area contributed by atoms with Crippen molar-refractivity contribution in [1.82, 2.24) is 9.97 Å². The van der Waals surface area contributed by atoms with Gasteiger partial charge in [-0.1, -0.05) is 18.2 Å². The fourth-order valence-electron chi connectivity index (χ4n) is 1.11. The number of carbonyl (C=O) groups excluding carboxylic acids is 1. The summed E-state index contributed by atoms with van der Waals surface area (Å²) in [7, 11) is 0. The average Bonchev–Trinajstić information content (AvgIpc) is 2.30. The molecule has 1 heterocycles. The van der Waals surface area contributed by atoms with E-state index in [1.165, 1.54) is 12.3 Å². The Morgan fingerprint density at radius 2 is 1.94 bits per heavy atom. The van der Waals surface area contributed by atoms with Crippen molar-refractivity contribution in [3.05, 3.63) is 48.4 Å². The number of nitrogens with two attached hydrogens (primary N) is 1. The molecule has 0 aliphatic heterocycles. The molecule has 16 heavy (non-hydrogen) atoms. The van der Waals surface area contributed by atoms with Crippen LogP contribution in [0.15, 0.2) is 42.6 Å². The highest BCUT2D eigenvalue weighted by molar-refractivity contribution is 5.87. The summed E-state index contributed by atoms with van der Waals surface area (Å²) in [6.07, 6.45) is 1.41.